The normalized spacial score (nSPS) is 18.5. The monoisotopic (exact) mass is 315 g/mol. The Kier molecular flexibility index (Phi) is 4.56. The lowest BCUT2D eigenvalue weighted by Gasteiger charge is -2.18. The first-order valence-corrected chi connectivity index (χ1v) is 8.50. The third kappa shape index (κ3) is 3.44. The van der Waals surface area contributed by atoms with Crippen LogP contribution in [-0.2, 0) is 10.0 Å². The summed E-state index contributed by atoms with van der Waals surface area (Å²) in [4.78, 5) is 0.149. The molecule has 0 unspecified atom stereocenters. The number of hydrazine groups is 1. The Morgan fingerprint density at radius 2 is 2.00 bits per heavy atom. The van der Waals surface area contributed by atoms with Crippen LogP contribution in [0.4, 0.5) is 0 Å². The van der Waals surface area contributed by atoms with E-state index in [4.69, 9.17) is 4.74 Å². The second kappa shape index (κ2) is 6.02. The van der Waals surface area contributed by atoms with E-state index in [0.29, 0.717) is 16.8 Å². The summed E-state index contributed by atoms with van der Waals surface area (Å²) in [5.41, 5.74) is 2.98. The van der Waals surface area contributed by atoms with Crippen LogP contribution in [0.3, 0.4) is 0 Å². The van der Waals surface area contributed by atoms with Gasteiger partial charge in [0.1, 0.15) is 5.75 Å². The van der Waals surface area contributed by atoms with E-state index in [1.54, 1.807) is 12.1 Å². The van der Waals surface area contributed by atoms with E-state index in [1.165, 1.54) is 31.0 Å². The number of sulfonamides is 1. The predicted molar refractivity (Wildman–Crippen MR) is 80.2 cm³/mol. The quantitative estimate of drug-likeness (QED) is 0.911. The highest BCUT2D eigenvalue weighted by molar-refractivity contribution is 8.14. The van der Waals surface area contributed by atoms with Crippen LogP contribution in [0.2, 0.25) is 0 Å². The molecule has 1 N–H and O–H groups in total. The first-order chi connectivity index (χ1) is 9.42. The molecule has 0 spiro atoms. The van der Waals surface area contributed by atoms with Crippen molar-refractivity contribution in [1.29, 1.82) is 0 Å². The predicted octanol–water partition coefficient (Wildman–Crippen LogP) is 1.66. The van der Waals surface area contributed by atoms with Gasteiger partial charge in [-0.15, -0.1) is 4.40 Å². The molecule has 1 aliphatic heterocycles. The lowest BCUT2D eigenvalue weighted by Crippen LogP contribution is -2.38. The van der Waals surface area contributed by atoms with Crippen molar-refractivity contribution in [2.24, 2.45) is 4.40 Å². The number of amidine groups is 1. The number of nitrogens with one attached hydrogen (secondary N) is 1. The van der Waals surface area contributed by atoms with E-state index in [0.717, 1.165) is 0 Å². The van der Waals surface area contributed by atoms with Crippen molar-refractivity contribution in [2.75, 3.05) is 13.0 Å². The number of ether oxygens (including phenoxy) is 1. The van der Waals surface area contributed by atoms with E-state index in [1.807, 2.05) is 18.9 Å². The van der Waals surface area contributed by atoms with Gasteiger partial charge in [-0.2, -0.15) is 8.42 Å². The van der Waals surface area contributed by atoms with Gasteiger partial charge in [-0.05, 0) is 38.1 Å². The highest BCUT2D eigenvalue weighted by Crippen LogP contribution is 2.21. The first kappa shape index (κ1) is 15.1. The molecule has 8 heteroatoms. The van der Waals surface area contributed by atoms with Gasteiger partial charge in [0.25, 0.3) is 10.0 Å². The minimum Gasteiger partial charge on any atom is -0.497 e. The summed E-state index contributed by atoms with van der Waals surface area (Å²) in [5.74, 6) is 1.28. The summed E-state index contributed by atoms with van der Waals surface area (Å²) in [5, 5.41) is 2.32. The van der Waals surface area contributed by atoms with Crippen LogP contribution in [0, 0.1) is 0 Å². The molecule has 110 valence electrons. The third-order valence-electron chi connectivity index (χ3n) is 2.76. The van der Waals surface area contributed by atoms with E-state index in [-0.39, 0.29) is 10.9 Å². The van der Waals surface area contributed by atoms with Crippen LogP contribution in [0.5, 0.6) is 5.75 Å². The molecular formula is C12H17N3O3S2. The van der Waals surface area contributed by atoms with Gasteiger partial charge in [-0.1, -0.05) is 11.8 Å². The fourth-order valence-electron chi connectivity index (χ4n) is 1.55. The molecule has 0 aromatic heterocycles. The number of rotatable bonds is 4. The molecule has 0 amide bonds. The van der Waals surface area contributed by atoms with Crippen molar-refractivity contribution >= 4 is 27.0 Å². The molecular weight excluding hydrogens is 298 g/mol. The van der Waals surface area contributed by atoms with Gasteiger partial charge in [-0.25, -0.2) is 5.01 Å². The molecule has 1 aromatic rings. The third-order valence-corrected chi connectivity index (χ3v) is 5.03. The molecule has 0 atom stereocenters. The summed E-state index contributed by atoms with van der Waals surface area (Å²) >= 11 is 1.37. The summed E-state index contributed by atoms with van der Waals surface area (Å²) in [6, 6.07) is 6.44. The molecule has 1 saturated heterocycles. The number of benzene rings is 1. The fraction of sp³-hybridized carbons (Fsp3) is 0.417. The topological polar surface area (TPSA) is 71.0 Å². The molecule has 6 nitrogen and oxygen atoms in total. The van der Waals surface area contributed by atoms with Crippen LogP contribution in [0.25, 0.3) is 0 Å². The Hall–Kier alpha value is -1.25. The second-order valence-corrected chi connectivity index (χ2v) is 7.03. The molecule has 1 aromatic carbocycles. The Morgan fingerprint density at radius 1 is 1.35 bits per heavy atom. The van der Waals surface area contributed by atoms with Gasteiger partial charge in [-0.3, -0.25) is 5.43 Å². The van der Waals surface area contributed by atoms with E-state index in [2.05, 4.69) is 9.82 Å². The maximum Gasteiger partial charge on any atom is 0.284 e. The van der Waals surface area contributed by atoms with Crippen molar-refractivity contribution in [1.82, 2.24) is 10.4 Å². The van der Waals surface area contributed by atoms with Crippen molar-refractivity contribution in [2.45, 2.75) is 24.8 Å². The largest absolute Gasteiger partial charge is 0.497 e. The summed E-state index contributed by atoms with van der Waals surface area (Å²) in [6.45, 7) is 4.04. The molecule has 0 aliphatic carbocycles. The summed E-state index contributed by atoms with van der Waals surface area (Å²) < 4.78 is 33.2. The lowest BCUT2D eigenvalue weighted by atomic mass is 10.3. The number of methoxy groups -OCH3 is 1. The number of nitrogens with zero attached hydrogens (tertiary/aromatic N) is 2. The molecule has 20 heavy (non-hydrogen) atoms. The van der Waals surface area contributed by atoms with E-state index >= 15 is 0 Å². The summed E-state index contributed by atoms with van der Waals surface area (Å²) in [7, 11) is -2.16. The standard InChI is InChI=1S/C12H17N3O3S2/c1-9(2)15-8-19-12(13-15)14-20(16,17)11-6-4-10(18-3)5-7-11/h4-7,9H,8H2,1-3H3,(H,13,14). The Bertz CT molecular complexity index is 597. The lowest BCUT2D eigenvalue weighted by molar-refractivity contribution is 0.233. The molecule has 0 radical (unpaired) electrons. The zero-order valence-corrected chi connectivity index (χ0v) is 13.2. The Labute approximate surface area is 123 Å². The van der Waals surface area contributed by atoms with Crippen molar-refractivity contribution in [3.63, 3.8) is 0 Å². The molecule has 2 rings (SSSR count). The average molecular weight is 315 g/mol. The number of hydrogen-bond acceptors (Lipinski definition) is 5. The number of hydrogen-bond donors (Lipinski definition) is 1. The molecule has 1 heterocycles. The van der Waals surface area contributed by atoms with Crippen LogP contribution < -0.4 is 10.2 Å². The average Bonchev–Trinajstić information content (AvgIpc) is 2.87. The molecule has 1 aliphatic rings. The maximum atomic E-state index is 12.2. The Balaban J connectivity index is 2.18. The van der Waals surface area contributed by atoms with Crippen molar-refractivity contribution in [3.05, 3.63) is 24.3 Å². The van der Waals surface area contributed by atoms with E-state index in [9.17, 15) is 8.42 Å². The van der Waals surface area contributed by atoms with Gasteiger partial charge in [0.15, 0.2) is 5.17 Å². The minimum absolute atomic E-state index is 0.149. The van der Waals surface area contributed by atoms with Crippen LogP contribution in [0.15, 0.2) is 33.6 Å². The zero-order chi connectivity index (χ0) is 14.8. The SMILES string of the molecule is COc1ccc(S(=O)(=O)N=C2NN(C(C)C)CS2)cc1. The minimum atomic E-state index is -3.70. The first-order valence-electron chi connectivity index (χ1n) is 6.07. The van der Waals surface area contributed by atoms with Gasteiger partial charge in [0.2, 0.25) is 0 Å². The molecule has 1 fully saturated rings. The molecule has 0 saturated carbocycles. The van der Waals surface area contributed by atoms with Crippen LogP contribution >= 0.6 is 11.8 Å². The second-order valence-electron chi connectivity index (χ2n) is 4.50. The smallest absolute Gasteiger partial charge is 0.284 e. The summed E-state index contributed by atoms with van der Waals surface area (Å²) in [6.07, 6.45) is 0. The number of thioether (sulfide) groups is 1. The van der Waals surface area contributed by atoms with Gasteiger partial charge in [0.05, 0.1) is 17.9 Å². The van der Waals surface area contributed by atoms with Crippen LogP contribution in [0.1, 0.15) is 13.8 Å². The Morgan fingerprint density at radius 3 is 2.50 bits per heavy atom. The van der Waals surface area contributed by atoms with Crippen LogP contribution in [-0.4, -0.2) is 37.6 Å². The van der Waals surface area contributed by atoms with Gasteiger partial charge >= 0.3 is 0 Å². The highest BCUT2D eigenvalue weighted by Gasteiger charge is 2.23. The molecule has 0 bridgehead atoms. The van der Waals surface area contributed by atoms with Crippen molar-refractivity contribution in [3.8, 4) is 5.75 Å². The van der Waals surface area contributed by atoms with Gasteiger partial charge in [0, 0.05) is 6.04 Å². The zero-order valence-electron chi connectivity index (χ0n) is 11.5. The highest BCUT2D eigenvalue weighted by atomic mass is 32.2. The van der Waals surface area contributed by atoms with E-state index < -0.39 is 10.0 Å². The van der Waals surface area contributed by atoms with Crippen molar-refractivity contribution < 1.29 is 13.2 Å². The maximum absolute atomic E-state index is 12.2. The van der Waals surface area contributed by atoms with Gasteiger partial charge < -0.3 is 4.74 Å². The fourth-order valence-corrected chi connectivity index (χ4v) is 3.71.